The highest BCUT2D eigenvalue weighted by Gasteiger charge is 2.00. The molecule has 0 fully saturated rings. The maximum atomic E-state index is 5.25. The first-order valence-electron chi connectivity index (χ1n) is 3.25. The second-order valence-electron chi connectivity index (χ2n) is 1.90. The normalized spacial score (nSPS) is 9.55. The summed E-state index contributed by atoms with van der Waals surface area (Å²) >= 11 is 6.55. The van der Waals surface area contributed by atoms with E-state index >= 15 is 0 Å². The Morgan fingerprint density at radius 1 is 1.73 bits per heavy atom. The van der Waals surface area contributed by atoms with Crippen LogP contribution in [0.1, 0.15) is 4.88 Å². The van der Waals surface area contributed by atoms with Crippen molar-refractivity contribution >= 4 is 28.6 Å². The molecule has 2 N–H and O–H groups in total. The highest BCUT2D eigenvalue weighted by molar-refractivity contribution is 7.80. The molecule has 0 aliphatic heterocycles. The first-order valence-corrected chi connectivity index (χ1v) is 4.54. The summed E-state index contributed by atoms with van der Waals surface area (Å²) in [5, 5.41) is 2.51. The fourth-order valence-electron chi connectivity index (χ4n) is 0.617. The SMILES string of the molecule is NCCOC(=S)c1cccs1. The number of hydrogen-bond acceptors (Lipinski definition) is 4. The second kappa shape index (κ2) is 4.43. The van der Waals surface area contributed by atoms with Gasteiger partial charge in [-0.25, -0.2) is 0 Å². The van der Waals surface area contributed by atoms with E-state index in [1.807, 2.05) is 17.5 Å². The standard InChI is InChI=1S/C7H9NOS2/c8-3-4-9-7(10)6-2-1-5-11-6/h1-2,5H,3-4,8H2. The van der Waals surface area contributed by atoms with Crippen molar-refractivity contribution in [3.8, 4) is 0 Å². The molecule has 0 unspecified atom stereocenters. The van der Waals surface area contributed by atoms with Crippen LogP contribution in [0.3, 0.4) is 0 Å². The van der Waals surface area contributed by atoms with E-state index in [-0.39, 0.29) is 0 Å². The molecule has 0 saturated carbocycles. The molecule has 0 spiro atoms. The number of hydrogen-bond donors (Lipinski definition) is 1. The van der Waals surface area contributed by atoms with Crippen molar-refractivity contribution in [1.29, 1.82) is 0 Å². The molecule has 0 radical (unpaired) electrons. The van der Waals surface area contributed by atoms with Gasteiger partial charge < -0.3 is 10.5 Å². The Balaban J connectivity index is 2.43. The summed E-state index contributed by atoms with van der Waals surface area (Å²) in [6.07, 6.45) is 0. The monoisotopic (exact) mass is 187 g/mol. The Morgan fingerprint density at radius 3 is 3.09 bits per heavy atom. The van der Waals surface area contributed by atoms with Crippen molar-refractivity contribution in [2.75, 3.05) is 13.2 Å². The van der Waals surface area contributed by atoms with E-state index in [0.29, 0.717) is 18.2 Å². The lowest BCUT2D eigenvalue weighted by molar-refractivity contribution is 0.326. The van der Waals surface area contributed by atoms with Crippen molar-refractivity contribution in [2.24, 2.45) is 5.73 Å². The van der Waals surface area contributed by atoms with E-state index in [9.17, 15) is 0 Å². The summed E-state index contributed by atoms with van der Waals surface area (Å²) < 4.78 is 5.15. The molecular weight excluding hydrogens is 178 g/mol. The number of thiophene rings is 1. The Kier molecular flexibility index (Phi) is 3.48. The number of thiocarbonyl (C=S) groups is 1. The molecule has 0 aromatic carbocycles. The zero-order chi connectivity index (χ0) is 8.10. The van der Waals surface area contributed by atoms with Crippen LogP contribution in [0.25, 0.3) is 0 Å². The minimum atomic E-state index is 0.497. The van der Waals surface area contributed by atoms with Gasteiger partial charge in [0, 0.05) is 6.54 Å². The minimum Gasteiger partial charge on any atom is -0.481 e. The molecule has 1 aromatic rings. The summed E-state index contributed by atoms with van der Waals surface area (Å²) in [6, 6.07) is 3.88. The lowest BCUT2D eigenvalue weighted by Gasteiger charge is -2.01. The fourth-order valence-corrected chi connectivity index (χ4v) is 1.53. The van der Waals surface area contributed by atoms with Crippen LogP contribution in [-0.4, -0.2) is 18.2 Å². The summed E-state index contributed by atoms with van der Waals surface area (Å²) in [5.41, 5.74) is 5.25. The average molecular weight is 187 g/mol. The molecule has 4 heteroatoms. The zero-order valence-corrected chi connectivity index (χ0v) is 7.58. The van der Waals surface area contributed by atoms with Crippen LogP contribution >= 0.6 is 23.6 Å². The maximum Gasteiger partial charge on any atom is 0.201 e. The van der Waals surface area contributed by atoms with Gasteiger partial charge in [-0.15, -0.1) is 11.3 Å². The molecule has 0 aliphatic carbocycles. The van der Waals surface area contributed by atoms with Crippen molar-refractivity contribution in [2.45, 2.75) is 0 Å². The Bertz CT molecular complexity index is 220. The van der Waals surface area contributed by atoms with Gasteiger partial charge >= 0.3 is 0 Å². The van der Waals surface area contributed by atoms with Gasteiger partial charge in [-0.05, 0) is 23.7 Å². The van der Waals surface area contributed by atoms with Crippen LogP contribution in [0.15, 0.2) is 17.5 Å². The van der Waals surface area contributed by atoms with Gasteiger partial charge in [0.05, 0.1) is 4.88 Å². The molecule has 0 saturated heterocycles. The van der Waals surface area contributed by atoms with E-state index < -0.39 is 0 Å². The smallest absolute Gasteiger partial charge is 0.201 e. The van der Waals surface area contributed by atoms with E-state index in [4.69, 9.17) is 22.7 Å². The molecular formula is C7H9NOS2. The minimum absolute atomic E-state index is 0.497. The van der Waals surface area contributed by atoms with Crippen LogP contribution in [0, 0.1) is 0 Å². The molecule has 0 atom stereocenters. The number of nitrogens with two attached hydrogens (primary N) is 1. The summed E-state index contributed by atoms with van der Waals surface area (Å²) in [4.78, 5) is 0.994. The quantitative estimate of drug-likeness (QED) is 0.726. The summed E-state index contributed by atoms with van der Waals surface area (Å²) in [5.74, 6) is 0. The van der Waals surface area contributed by atoms with Gasteiger partial charge in [0.2, 0.25) is 5.05 Å². The highest BCUT2D eigenvalue weighted by Crippen LogP contribution is 2.10. The van der Waals surface area contributed by atoms with Crippen molar-refractivity contribution in [3.05, 3.63) is 22.4 Å². The lowest BCUT2D eigenvalue weighted by Crippen LogP contribution is -2.11. The van der Waals surface area contributed by atoms with Gasteiger partial charge in [-0.2, -0.15) is 0 Å². The van der Waals surface area contributed by atoms with E-state index in [0.717, 1.165) is 4.88 Å². The van der Waals surface area contributed by atoms with Crippen LogP contribution < -0.4 is 5.73 Å². The second-order valence-corrected chi connectivity index (χ2v) is 3.22. The maximum absolute atomic E-state index is 5.25. The van der Waals surface area contributed by atoms with E-state index in [1.54, 1.807) is 11.3 Å². The number of ether oxygens (including phenoxy) is 1. The third-order valence-electron chi connectivity index (χ3n) is 1.07. The molecule has 60 valence electrons. The molecule has 11 heavy (non-hydrogen) atoms. The molecule has 1 heterocycles. The lowest BCUT2D eigenvalue weighted by atomic mass is 10.5. The Labute approximate surface area is 75.0 Å². The Morgan fingerprint density at radius 2 is 2.55 bits per heavy atom. The van der Waals surface area contributed by atoms with Gasteiger partial charge in [0.15, 0.2) is 0 Å². The first-order chi connectivity index (χ1) is 5.34. The number of rotatable bonds is 3. The van der Waals surface area contributed by atoms with Crippen LogP contribution in [0.2, 0.25) is 0 Å². The fraction of sp³-hybridized carbons (Fsp3) is 0.286. The third kappa shape index (κ3) is 2.57. The van der Waals surface area contributed by atoms with Gasteiger partial charge in [0.1, 0.15) is 6.61 Å². The predicted octanol–water partition coefficient (Wildman–Crippen LogP) is 1.40. The molecule has 0 aliphatic rings. The van der Waals surface area contributed by atoms with Crippen molar-refractivity contribution in [3.63, 3.8) is 0 Å². The summed E-state index contributed by atoms with van der Waals surface area (Å²) in [7, 11) is 0. The molecule has 0 bridgehead atoms. The molecule has 1 aromatic heterocycles. The summed E-state index contributed by atoms with van der Waals surface area (Å²) in [6.45, 7) is 1.00. The van der Waals surface area contributed by atoms with Gasteiger partial charge in [0.25, 0.3) is 0 Å². The van der Waals surface area contributed by atoms with Crippen molar-refractivity contribution in [1.82, 2.24) is 0 Å². The van der Waals surface area contributed by atoms with Crippen LogP contribution in [-0.2, 0) is 4.74 Å². The first kappa shape index (κ1) is 8.64. The largest absolute Gasteiger partial charge is 0.481 e. The Hall–Kier alpha value is -0.450. The topological polar surface area (TPSA) is 35.2 Å². The van der Waals surface area contributed by atoms with Crippen molar-refractivity contribution < 1.29 is 4.74 Å². The van der Waals surface area contributed by atoms with E-state index in [2.05, 4.69) is 0 Å². The van der Waals surface area contributed by atoms with Crippen LogP contribution in [0.4, 0.5) is 0 Å². The molecule has 2 nitrogen and oxygen atoms in total. The van der Waals surface area contributed by atoms with E-state index in [1.165, 1.54) is 0 Å². The predicted molar refractivity (Wildman–Crippen MR) is 51.0 cm³/mol. The van der Waals surface area contributed by atoms with Gasteiger partial charge in [-0.1, -0.05) is 6.07 Å². The molecule has 0 amide bonds. The van der Waals surface area contributed by atoms with Gasteiger partial charge in [-0.3, -0.25) is 0 Å². The molecule has 1 rings (SSSR count). The average Bonchev–Trinajstić information content (AvgIpc) is 2.52. The third-order valence-corrected chi connectivity index (χ3v) is 2.41. The highest BCUT2D eigenvalue weighted by atomic mass is 32.1. The zero-order valence-electron chi connectivity index (χ0n) is 5.95. The van der Waals surface area contributed by atoms with Crippen LogP contribution in [0.5, 0.6) is 0 Å².